The highest BCUT2D eigenvalue weighted by Crippen LogP contribution is 2.59. The lowest BCUT2D eigenvalue weighted by Gasteiger charge is -2.37. The predicted octanol–water partition coefficient (Wildman–Crippen LogP) is 3.19. The Bertz CT molecular complexity index is 1400. The molecule has 3 saturated heterocycles. The predicted molar refractivity (Wildman–Crippen MR) is 160 cm³/mol. The second-order valence-electron chi connectivity index (χ2n) is 12.4. The summed E-state index contributed by atoms with van der Waals surface area (Å²) >= 11 is 0. The van der Waals surface area contributed by atoms with Crippen LogP contribution in [0, 0.1) is 5.92 Å². The molecule has 2 N–H and O–H groups in total. The third kappa shape index (κ3) is 4.40. The summed E-state index contributed by atoms with van der Waals surface area (Å²) < 4.78 is 17.5. The molecule has 224 valence electrons. The van der Waals surface area contributed by atoms with Gasteiger partial charge >= 0.3 is 6.09 Å². The highest BCUT2D eigenvalue weighted by molar-refractivity contribution is 6.91. The molecule has 0 bridgehead atoms. The molecule has 42 heavy (non-hydrogen) atoms. The van der Waals surface area contributed by atoms with Crippen molar-refractivity contribution in [1.29, 1.82) is 0 Å². The number of hydrogen-bond acceptors (Lipinski definition) is 7. The minimum atomic E-state index is -2.40. The van der Waals surface area contributed by atoms with Crippen molar-refractivity contribution in [2.24, 2.45) is 5.92 Å². The van der Waals surface area contributed by atoms with E-state index in [9.17, 15) is 19.5 Å². The van der Waals surface area contributed by atoms with Gasteiger partial charge in [0.2, 0.25) is 5.91 Å². The largest absolute Gasteiger partial charge is 0.497 e. The average molecular weight is 594 g/mol. The van der Waals surface area contributed by atoms with Gasteiger partial charge in [0, 0.05) is 29.4 Å². The molecule has 6 rings (SSSR count). The molecule has 2 aromatic carbocycles. The number of benzene rings is 2. The van der Waals surface area contributed by atoms with Crippen LogP contribution in [0.2, 0.25) is 18.6 Å². The number of hydrogen-bond donors (Lipinski definition) is 2. The Morgan fingerprint density at radius 1 is 1.17 bits per heavy atom. The molecule has 0 saturated carbocycles. The van der Waals surface area contributed by atoms with Gasteiger partial charge in [0.25, 0.3) is 5.91 Å². The van der Waals surface area contributed by atoms with Crippen molar-refractivity contribution >= 4 is 42.5 Å². The topological polar surface area (TPSA) is 118 Å². The lowest BCUT2D eigenvalue weighted by Crippen LogP contribution is -2.52. The van der Waals surface area contributed by atoms with Crippen molar-refractivity contribution in [3.05, 3.63) is 48.0 Å². The molecule has 5 atom stereocenters. The fourth-order valence-corrected chi connectivity index (χ4v) is 11.8. The average Bonchev–Trinajstić information content (AvgIpc) is 3.75. The summed E-state index contributed by atoms with van der Waals surface area (Å²) in [6.07, 6.45) is 0.825. The van der Waals surface area contributed by atoms with Gasteiger partial charge in [-0.2, -0.15) is 0 Å². The molecular formula is C31H39N3O7Si. The Kier molecular flexibility index (Phi) is 7.31. The molecule has 4 aliphatic heterocycles. The van der Waals surface area contributed by atoms with E-state index < -0.39 is 25.9 Å². The van der Waals surface area contributed by atoms with Crippen LogP contribution in [0.5, 0.6) is 5.75 Å². The van der Waals surface area contributed by atoms with Crippen molar-refractivity contribution < 1.29 is 33.7 Å². The van der Waals surface area contributed by atoms with Crippen LogP contribution in [0.15, 0.2) is 42.5 Å². The standard InChI is InChI=1S/C31H39N3O7Si/c1-19-28(42(3,4)23-10-8-22(39-2)9-11-23)26(17-27(36)33-13-5-6-21(33)18-35)41-31(19)24-16-20(34-14-15-40-30(34)38)7-12-25(24)32-29(31)37/h7-12,16,19,21,26,28,35H,5-6,13-15,17-18H2,1-4H3,(H,32,37)/t19-,21-,26+,28-,31+/m0/s1. The molecule has 3 fully saturated rings. The van der Waals surface area contributed by atoms with Gasteiger partial charge in [-0.3, -0.25) is 14.5 Å². The maximum atomic E-state index is 14.0. The smallest absolute Gasteiger partial charge is 0.414 e. The molecule has 0 radical (unpaired) electrons. The number of cyclic esters (lactones) is 1. The van der Waals surface area contributed by atoms with Gasteiger partial charge in [0.05, 0.1) is 46.9 Å². The van der Waals surface area contributed by atoms with E-state index in [0.29, 0.717) is 36.6 Å². The van der Waals surface area contributed by atoms with E-state index in [0.717, 1.165) is 18.6 Å². The van der Waals surface area contributed by atoms with E-state index in [1.807, 2.05) is 24.3 Å². The number of aliphatic hydroxyl groups is 1. The summed E-state index contributed by atoms with van der Waals surface area (Å²) in [5, 5.41) is 14.1. The number of amides is 3. The van der Waals surface area contributed by atoms with Gasteiger partial charge in [0.1, 0.15) is 12.4 Å². The van der Waals surface area contributed by atoms with Crippen molar-refractivity contribution in [2.75, 3.05) is 43.6 Å². The molecule has 0 aromatic heterocycles. The summed E-state index contributed by atoms with van der Waals surface area (Å²) in [5.74, 6) is 0.189. The molecule has 1 spiro atoms. The van der Waals surface area contributed by atoms with Gasteiger partial charge in [-0.15, -0.1) is 0 Å². The van der Waals surface area contributed by atoms with Crippen LogP contribution < -0.4 is 20.1 Å². The molecular weight excluding hydrogens is 554 g/mol. The Morgan fingerprint density at radius 3 is 2.60 bits per heavy atom. The van der Waals surface area contributed by atoms with E-state index in [2.05, 4.69) is 37.5 Å². The molecule has 0 unspecified atom stereocenters. The highest BCUT2D eigenvalue weighted by Gasteiger charge is 2.65. The Balaban J connectivity index is 1.42. The quantitative estimate of drug-likeness (QED) is 0.474. The number of nitrogens with one attached hydrogen (secondary N) is 1. The third-order valence-corrected chi connectivity index (χ3v) is 14.3. The van der Waals surface area contributed by atoms with Crippen molar-refractivity contribution in [1.82, 2.24) is 4.90 Å². The number of carbonyl (C=O) groups is 3. The second kappa shape index (κ2) is 10.7. The summed E-state index contributed by atoms with van der Waals surface area (Å²) in [6.45, 7) is 7.89. The number of methoxy groups -OCH3 is 1. The van der Waals surface area contributed by atoms with E-state index in [1.165, 1.54) is 5.19 Å². The first kappa shape index (κ1) is 28.7. The summed E-state index contributed by atoms with van der Waals surface area (Å²) in [4.78, 5) is 43.4. The van der Waals surface area contributed by atoms with Crippen LogP contribution in [0.4, 0.5) is 16.2 Å². The first-order valence-electron chi connectivity index (χ1n) is 14.7. The second-order valence-corrected chi connectivity index (χ2v) is 17.1. The number of nitrogens with zero attached hydrogens (tertiary/aromatic N) is 2. The van der Waals surface area contributed by atoms with Gasteiger partial charge in [-0.1, -0.05) is 37.3 Å². The van der Waals surface area contributed by atoms with Gasteiger partial charge in [0.15, 0.2) is 5.60 Å². The Labute approximate surface area is 246 Å². The maximum absolute atomic E-state index is 14.0. The summed E-state index contributed by atoms with van der Waals surface area (Å²) in [6, 6.07) is 13.4. The van der Waals surface area contributed by atoms with E-state index in [1.54, 1.807) is 23.0 Å². The van der Waals surface area contributed by atoms with Gasteiger partial charge in [-0.25, -0.2) is 4.79 Å². The summed E-state index contributed by atoms with van der Waals surface area (Å²) in [5.41, 5.74) is 0.572. The zero-order chi connectivity index (χ0) is 29.8. The molecule has 10 nitrogen and oxygen atoms in total. The molecule has 4 heterocycles. The fourth-order valence-electron chi connectivity index (χ4n) is 7.76. The Hall–Kier alpha value is -3.41. The lowest BCUT2D eigenvalue weighted by atomic mass is 9.82. The maximum Gasteiger partial charge on any atom is 0.414 e. The minimum absolute atomic E-state index is 0.0578. The number of carbonyl (C=O) groups excluding carboxylic acids is 3. The molecule has 0 aliphatic carbocycles. The number of aliphatic hydroxyl groups excluding tert-OH is 1. The van der Waals surface area contributed by atoms with Crippen LogP contribution in [0.25, 0.3) is 0 Å². The first-order valence-corrected chi connectivity index (χ1v) is 17.8. The van der Waals surface area contributed by atoms with Crippen LogP contribution in [0.3, 0.4) is 0 Å². The van der Waals surface area contributed by atoms with Crippen molar-refractivity contribution in [2.45, 2.75) is 62.6 Å². The highest BCUT2D eigenvalue weighted by atomic mass is 28.3. The van der Waals surface area contributed by atoms with Crippen molar-refractivity contribution in [3.63, 3.8) is 0 Å². The fraction of sp³-hybridized carbons (Fsp3) is 0.516. The van der Waals surface area contributed by atoms with E-state index >= 15 is 0 Å². The summed E-state index contributed by atoms with van der Waals surface area (Å²) in [7, 11) is -0.761. The zero-order valence-corrected chi connectivity index (χ0v) is 25.6. The number of rotatable bonds is 7. The minimum Gasteiger partial charge on any atom is -0.497 e. The van der Waals surface area contributed by atoms with Gasteiger partial charge in [-0.05, 0) is 48.7 Å². The van der Waals surface area contributed by atoms with Gasteiger partial charge < -0.3 is 29.5 Å². The number of fused-ring (bicyclic) bond motifs is 2. The SMILES string of the molecule is COc1ccc([Si](C)(C)[C@@H]2[C@@H](CC(=O)N3CCC[C@H]3CO)O[C@]3(C(=O)Nc4ccc(N5CCOC5=O)cc43)[C@H]2C)cc1. The first-order chi connectivity index (χ1) is 20.1. The van der Waals surface area contributed by atoms with Crippen LogP contribution in [-0.4, -0.2) is 81.5 Å². The zero-order valence-electron chi connectivity index (χ0n) is 24.6. The normalized spacial score (nSPS) is 28.8. The van der Waals surface area contributed by atoms with Crippen LogP contribution in [-0.2, 0) is 24.7 Å². The third-order valence-electron chi connectivity index (χ3n) is 9.93. The van der Waals surface area contributed by atoms with Crippen molar-refractivity contribution in [3.8, 4) is 5.75 Å². The number of ether oxygens (including phenoxy) is 3. The van der Waals surface area contributed by atoms with E-state index in [-0.39, 0.29) is 42.3 Å². The number of likely N-dealkylation sites (tertiary alicyclic amines) is 1. The Morgan fingerprint density at radius 2 is 1.93 bits per heavy atom. The molecule has 11 heteroatoms. The van der Waals surface area contributed by atoms with Crippen LogP contribution in [0.1, 0.15) is 31.7 Å². The molecule has 2 aromatic rings. The van der Waals surface area contributed by atoms with Crippen LogP contribution >= 0.6 is 0 Å². The molecule has 4 aliphatic rings. The van der Waals surface area contributed by atoms with E-state index in [4.69, 9.17) is 14.2 Å². The number of anilines is 2. The molecule has 3 amide bonds. The monoisotopic (exact) mass is 593 g/mol. The lowest BCUT2D eigenvalue weighted by molar-refractivity contribution is -0.148.